The van der Waals surface area contributed by atoms with Gasteiger partial charge in [0.1, 0.15) is 12.4 Å². The number of likely N-dealkylation sites (tertiary alicyclic amines) is 1. The van der Waals surface area contributed by atoms with E-state index in [-0.39, 0.29) is 24.5 Å². The molecule has 2 aromatic carbocycles. The van der Waals surface area contributed by atoms with E-state index in [0.29, 0.717) is 24.3 Å². The molecule has 5 nitrogen and oxygen atoms in total. The zero-order valence-corrected chi connectivity index (χ0v) is 14.9. The second-order valence-electron chi connectivity index (χ2n) is 6.39. The van der Waals surface area contributed by atoms with E-state index in [1.807, 2.05) is 30.3 Å². The number of hydrogen-bond donors (Lipinski definition) is 0. The van der Waals surface area contributed by atoms with Crippen LogP contribution in [0.3, 0.4) is 0 Å². The van der Waals surface area contributed by atoms with Crippen LogP contribution >= 0.6 is 0 Å². The van der Waals surface area contributed by atoms with E-state index in [1.54, 1.807) is 36.3 Å². The first-order valence-electron chi connectivity index (χ1n) is 8.82. The fourth-order valence-electron chi connectivity index (χ4n) is 3.20. The van der Waals surface area contributed by atoms with Gasteiger partial charge in [-0.25, -0.2) is 4.79 Å². The average Bonchev–Trinajstić information content (AvgIpc) is 3.15. The van der Waals surface area contributed by atoms with E-state index in [4.69, 9.17) is 9.47 Å². The molecule has 0 aromatic heterocycles. The molecule has 0 spiro atoms. The average molecular weight is 353 g/mol. The maximum absolute atomic E-state index is 12.5. The van der Waals surface area contributed by atoms with Crippen molar-refractivity contribution in [1.29, 1.82) is 0 Å². The van der Waals surface area contributed by atoms with E-state index in [2.05, 4.69) is 0 Å². The smallest absolute Gasteiger partial charge is 0.410 e. The van der Waals surface area contributed by atoms with Crippen LogP contribution in [0.5, 0.6) is 5.75 Å². The normalized spacial score (nSPS) is 16.3. The van der Waals surface area contributed by atoms with Crippen LogP contribution in [0, 0.1) is 0 Å². The van der Waals surface area contributed by atoms with Crippen molar-refractivity contribution in [2.24, 2.45) is 0 Å². The number of Topliss-reactive ketones (excluding diaryl/α,β-unsaturated/α-hetero) is 1. The summed E-state index contributed by atoms with van der Waals surface area (Å²) in [6.07, 6.45) is 1.68. The molecule has 0 N–H and O–H groups in total. The van der Waals surface area contributed by atoms with Crippen molar-refractivity contribution in [3.63, 3.8) is 0 Å². The number of amides is 1. The number of benzene rings is 2. The van der Waals surface area contributed by atoms with Gasteiger partial charge >= 0.3 is 6.09 Å². The summed E-state index contributed by atoms with van der Waals surface area (Å²) in [6.45, 7) is 0.878. The Morgan fingerprint density at radius 2 is 1.81 bits per heavy atom. The lowest BCUT2D eigenvalue weighted by atomic mass is 10.0. The van der Waals surface area contributed by atoms with Gasteiger partial charge < -0.3 is 14.4 Å². The van der Waals surface area contributed by atoms with Gasteiger partial charge in [-0.05, 0) is 42.7 Å². The molecule has 136 valence electrons. The Bertz CT molecular complexity index is 742. The number of methoxy groups -OCH3 is 1. The van der Waals surface area contributed by atoms with Gasteiger partial charge in [-0.15, -0.1) is 0 Å². The Labute approximate surface area is 153 Å². The SMILES string of the molecule is COc1ccc(C(=O)CC2CCCN2C(=O)OCc2ccccc2)cc1. The molecule has 5 heteroatoms. The fraction of sp³-hybridized carbons (Fsp3) is 0.333. The van der Waals surface area contributed by atoms with Crippen LogP contribution < -0.4 is 4.74 Å². The monoisotopic (exact) mass is 353 g/mol. The summed E-state index contributed by atoms with van der Waals surface area (Å²) in [5.74, 6) is 0.744. The van der Waals surface area contributed by atoms with Crippen molar-refractivity contribution in [2.45, 2.75) is 31.9 Å². The standard InChI is InChI=1S/C21H23NO4/c1-25-19-11-9-17(10-12-19)20(23)14-18-8-5-13-22(18)21(24)26-15-16-6-3-2-4-7-16/h2-4,6-7,9-12,18H,5,8,13-15H2,1H3. The minimum Gasteiger partial charge on any atom is -0.497 e. The summed E-state index contributed by atoms with van der Waals surface area (Å²) in [7, 11) is 1.59. The second kappa shape index (κ2) is 8.52. The third-order valence-corrected chi connectivity index (χ3v) is 4.65. The lowest BCUT2D eigenvalue weighted by Gasteiger charge is -2.23. The number of ketones is 1. The number of nitrogens with zero attached hydrogens (tertiary/aromatic N) is 1. The van der Waals surface area contributed by atoms with Crippen molar-refractivity contribution in [3.05, 3.63) is 65.7 Å². The predicted molar refractivity (Wildman–Crippen MR) is 98.3 cm³/mol. The molecular formula is C21H23NO4. The predicted octanol–water partition coefficient (Wildman–Crippen LogP) is 4.07. The first-order chi connectivity index (χ1) is 12.7. The zero-order valence-electron chi connectivity index (χ0n) is 14.9. The summed E-state index contributed by atoms with van der Waals surface area (Å²) in [5, 5.41) is 0. The third-order valence-electron chi connectivity index (χ3n) is 4.65. The van der Waals surface area contributed by atoms with Gasteiger partial charge in [0.15, 0.2) is 5.78 Å². The molecule has 1 aliphatic heterocycles. The summed E-state index contributed by atoms with van der Waals surface area (Å²) < 4.78 is 10.5. The van der Waals surface area contributed by atoms with E-state index in [9.17, 15) is 9.59 Å². The fourth-order valence-corrected chi connectivity index (χ4v) is 3.20. The molecule has 1 atom stereocenters. The highest BCUT2D eigenvalue weighted by Gasteiger charge is 2.31. The Balaban J connectivity index is 1.56. The number of ether oxygens (including phenoxy) is 2. The molecule has 0 bridgehead atoms. The molecule has 1 heterocycles. The highest BCUT2D eigenvalue weighted by atomic mass is 16.6. The molecule has 1 amide bonds. The highest BCUT2D eigenvalue weighted by molar-refractivity contribution is 5.96. The van der Waals surface area contributed by atoms with E-state index in [0.717, 1.165) is 18.4 Å². The first-order valence-corrected chi connectivity index (χ1v) is 8.82. The molecule has 0 saturated carbocycles. The van der Waals surface area contributed by atoms with Crippen LogP contribution in [-0.2, 0) is 11.3 Å². The molecular weight excluding hydrogens is 330 g/mol. The number of carbonyl (C=O) groups excluding carboxylic acids is 2. The van der Waals surface area contributed by atoms with Crippen LogP contribution in [0.2, 0.25) is 0 Å². The Hall–Kier alpha value is -2.82. The minimum absolute atomic E-state index is 0.0282. The molecule has 3 rings (SSSR count). The Kier molecular flexibility index (Phi) is 5.89. The second-order valence-corrected chi connectivity index (χ2v) is 6.39. The molecule has 26 heavy (non-hydrogen) atoms. The van der Waals surface area contributed by atoms with Gasteiger partial charge in [-0.1, -0.05) is 30.3 Å². The molecule has 1 fully saturated rings. The molecule has 1 unspecified atom stereocenters. The van der Waals surface area contributed by atoms with E-state index in [1.165, 1.54) is 0 Å². The van der Waals surface area contributed by atoms with Crippen molar-refractivity contribution >= 4 is 11.9 Å². The van der Waals surface area contributed by atoms with Gasteiger partial charge in [0.25, 0.3) is 0 Å². The number of rotatable bonds is 6. The van der Waals surface area contributed by atoms with Crippen molar-refractivity contribution < 1.29 is 19.1 Å². The van der Waals surface area contributed by atoms with Crippen LogP contribution in [0.25, 0.3) is 0 Å². The molecule has 0 aliphatic carbocycles. The maximum atomic E-state index is 12.5. The van der Waals surface area contributed by atoms with E-state index < -0.39 is 0 Å². The van der Waals surface area contributed by atoms with Gasteiger partial charge in [0.2, 0.25) is 0 Å². The maximum Gasteiger partial charge on any atom is 0.410 e. The van der Waals surface area contributed by atoms with Gasteiger partial charge in [0, 0.05) is 24.6 Å². The van der Waals surface area contributed by atoms with Crippen LogP contribution in [0.15, 0.2) is 54.6 Å². The largest absolute Gasteiger partial charge is 0.497 e. The molecule has 1 saturated heterocycles. The number of carbonyl (C=O) groups is 2. The van der Waals surface area contributed by atoms with E-state index >= 15 is 0 Å². The van der Waals surface area contributed by atoms with Crippen molar-refractivity contribution in [1.82, 2.24) is 4.90 Å². The number of hydrogen-bond acceptors (Lipinski definition) is 4. The lowest BCUT2D eigenvalue weighted by molar-refractivity contribution is 0.0833. The zero-order chi connectivity index (χ0) is 18.4. The summed E-state index contributed by atoms with van der Waals surface area (Å²) in [6, 6.07) is 16.5. The van der Waals surface area contributed by atoms with Crippen LogP contribution in [0.1, 0.15) is 35.2 Å². The lowest BCUT2D eigenvalue weighted by Crippen LogP contribution is -2.37. The Morgan fingerprint density at radius 1 is 1.08 bits per heavy atom. The molecule has 2 aromatic rings. The van der Waals surface area contributed by atoms with Gasteiger partial charge in [-0.3, -0.25) is 4.79 Å². The topological polar surface area (TPSA) is 55.8 Å². The van der Waals surface area contributed by atoms with Crippen LogP contribution in [0.4, 0.5) is 4.79 Å². The highest BCUT2D eigenvalue weighted by Crippen LogP contribution is 2.23. The molecule has 1 aliphatic rings. The van der Waals surface area contributed by atoms with Gasteiger partial charge in [0.05, 0.1) is 7.11 Å². The van der Waals surface area contributed by atoms with Crippen molar-refractivity contribution in [2.75, 3.05) is 13.7 Å². The summed E-state index contributed by atoms with van der Waals surface area (Å²) in [5.41, 5.74) is 1.58. The minimum atomic E-state index is -0.348. The summed E-state index contributed by atoms with van der Waals surface area (Å²) >= 11 is 0. The Morgan fingerprint density at radius 3 is 2.50 bits per heavy atom. The molecule has 0 radical (unpaired) electrons. The van der Waals surface area contributed by atoms with Crippen molar-refractivity contribution in [3.8, 4) is 5.75 Å². The van der Waals surface area contributed by atoms with Crippen LogP contribution in [-0.4, -0.2) is 36.5 Å². The summed E-state index contributed by atoms with van der Waals surface area (Å²) in [4.78, 5) is 26.6. The van der Waals surface area contributed by atoms with Gasteiger partial charge in [-0.2, -0.15) is 0 Å². The quantitative estimate of drug-likeness (QED) is 0.735. The third kappa shape index (κ3) is 4.42. The first kappa shape index (κ1) is 18.0.